The van der Waals surface area contributed by atoms with Gasteiger partial charge in [0.15, 0.2) is 0 Å². The topological polar surface area (TPSA) is 141 Å². The molecule has 2 aliphatic heterocycles. The monoisotopic (exact) mass is 560 g/mol. The van der Waals surface area contributed by atoms with E-state index in [-0.39, 0.29) is 12.2 Å². The lowest BCUT2D eigenvalue weighted by molar-refractivity contribution is -0.193. The average Bonchev–Trinajstić information content (AvgIpc) is 3.17. The molecule has 1 unspecified atom stereocenters. The first-order chi connectivity index (χ1) is 17.5. The standard InChI is InChI=1S/C18H28N4O2.2C2HF3O2/c1-4-6-16(24-18(23)20-5-2)15-8-7-13-9-14-11-19-10-12(3)22(14)17(13)21-15;2*3-2(4,5)1(6)7/h7-8,12,14,16,19H,4-6,9-11H2,1-3H3,(H,20,23);2*(H,6,7)/t12-,14-,16?;;/m1../s1. The molecule has 1 aromatic rings. The van der Waals surface area contributed by atoms with Gasteiger partial charge in [0.2, 0.25) is 0 Å². The molecule has 0 aromatic carbocycles. The lowest BCUT2D eigenvalue weighted by Crippen LogP contribution is -2.55. The first-order valence-corrected chi connectivity index (χ1v) is 11.6. The Labute approximate surface area is 214 Å². The van der Waals surface area contributed by atoms with Crippen LogP contribution in [-0.4, -0.2) is 77.3 Å². The number of carbonyl (C=O) groups excluding carboxylic acids is 1. The second kappa shape index (κ2) is 14.0. The number of hydrogen-bond acceptors (Lipinski definition) is 7. The molecule has 3 rings (SSSR count). The highest BCUT2D eigenvalue weighted by molar-refractivity contribution is 5.73. The normalized spacial score (nSPS) is 18.9. The van der Waals surface area contributed by atoms with Crippen LogP contribution in [0.2, 0.25) is 0 Å². The third-order valence-corrected chi connectivity index (χ3v) is 5.30. The zero-order valence-electron chi connectivity index (χ0n) is 20.8. The minimum absolute atomic E-state index is 0.288. The van der Waals surface area contributed by atoms with Crippen molar-refractivity contribution in [2.24, 2.45) is 0 Å². The second-order valence-electron chi connectivity index (χ2n) is 8.31. The average molecular weight is 560 g/mol. The number of amides is 1. The molecule has 38 heavy (non-hydrogen) atoms. The summed E-state index contributed by atoms with van der Waals surface area (Å²) in [5, 5.41) is 20.4. The van der Waals surface area contributed by atoms with E-state index in [1.807, 2.05) is 13.0 Å². The van der Waals surface area contributed by atoms with Crippen LogP contribution in [0, 0.1) is 0 Å². The zero-order chi connectivity index (χ0) is 29.3. The number of fused-ring (bicyclic) bond motifs is 3. The van der Waals surface area contributed by atoms with E-state index in [2.05, 4.69) is 35.4 Å². The number of alkyl halides is 6. The van der Waals surface area contributed by atoms with Crippen molar-refractivity contribution in [1.29, 1.82) is 0 Å². The number of nitrogens with zero attached hydrogens (tertiary/aromatic N) is 2. The Bertz CT molecular complexity index is 935. The molecule has 10 nitrogen and oxygen atoms in total. The Kier molecular flexibility index (Phi) is 12.1. The zero-order valence-corrected chi connectivity index (χ0v) is 20.8. The van der Waals surface area contributed by atoms with E-state index in [1.165, 1.54) is 5.56 Å². The van der Waals surface area contributed by atoms with E-state index in [0.717, 1.165) is 43.9 Å². The fourth-order valence-electron chi connectivity index (χ4n) is 3.72. The minimum atomic E-state index is -5.08. The van der Waals surface area contributed by atoms with E-state index in [9.17, 15) is 31.1 Å². The van der Waals surface area contributed by atoms with E-state index >= 15 is 0 Å². The van der Waals surface area contributed by atoms with Crippen molar-refractivity contribution >= 4 is 23.8 Å². The van der Waals surface area contributed by atoms with Gasteiger partial charge in [0.05, 0.1) is 5.69 Å². The van der Waals surface area contributed by atoms with Crippen LogP contribution in [0.3, 0.4) is 0 Å². The van der Waals surface area contributed by atoms with Crippen LogP contribution in [0.15, 0.2) is 12.1 Å². The van der Waals surface area contributed by atoms with Gasteiger partial charge in [-0.1, -0.05) is 19.4 Å². The largest absolute Gasteiger partial charge is 0.490 e. The Morgan fingerprint density at radius 1 is 1.11 bits per heavy atom. The van der Waals surface area contributed by atoms with E-state index in [1.54, 1.807) is 0 Å². The van der Waals surface area contributed by atoms with Gasteiger partial charge >= 0.3 is 30.4 Å². The van der Waals surface area contributed by atoms with Crippen molar-refractivity contribution < 1.29 is 55.7 Å². The molecule has 1 fully saturated rings. The molecule has 1 aromatic heterocycles. The Balaban J connectivity index is 0.000000426. The summed E-state index contributed by atoms with van der Waals surface area (Å²) in [5.41, 5.74) is 2.15. The number of ether oxygens (including phenoxy) is 1. The summed E-state index contributed by atoms with van der Waals surface area (Å²) in [4.78, 5) is 37.0. The number of alkyl carbamates (subject to hydrolysis) is 1. The Hall–Kier alpha value is -3.30. The molecule has 3 atom stereocenters. The Morgan fingerprint density at radius 2 is 1.66 bits per heavy atom. The van der Waals surface area contributed by atoms with Crippen LogP contribution >= 0.6 is 0 Å². The van der Waals surface area contributed by atoms with Gasteiger partial charge in [-0.3, -0.25) is 0 Å². The molecule has 1 amide bonds. The van der Waals surface area contributed by atoms with Crippen molar-refractivity contribution in [1.82, 2.24) is 15.6 Å². The molecule has 0 bridgehead atoms. The first kappa shape index (κ1) is 32.7. The maximum atomic E-state index is 11.8. The fourth-order valence-corrected chi connectivity index (χ4v) is 3.72. The lowest BCUT2D eigenvalue weighted by Gasteiger charge is -2.37. The van der Waals surface area contributed by atoms with Gasteiger partial charge < -0.3 is 30.5 Å². The Morgan fingerprint density at radius 3 is 2.13 bits per heavy atom. The van der Waals surface area contributed by atoms with Gasteiger partial charge in [-0.05, 0) is 38.3 Å². The molecular formula is C22H30F6N4O6. The van der Waals surface area contributed by atoms with Crippen LogP contribution in [-0.2, 0) is 20.7 Å². The number of carbonyl (C=O) groups is 3. The van der Waals surface area contributed by atoms with Crippen molar-refractivity contribution in [3.63, 3.8) is 0 Å². The van der Waals surface area contributed by atoms with Crippen molar-refractivity contribution in [3.8, 4) is 0 Å². The number of carboxylic acids is 2. The van der Waals surface area contributed by atoms with E-state index in [0.29, 0.717) is 18.6 Å². The second-order valence-corrected chi connectivity index (χ2v) is 8.31. The summed E-state index contributed by atoms with van der Waals surface area (Å²) in [7, 11) is 0. The van der Waals surface area contributed by atoms with Crippen molar-refractivity contribution in [2.45, 2.75) is 70.6 Å². The first-order valence-electron chi connectivity index (χ1n) is 11.6. The number of carboxylic acid groups (broad SMARTS) is 2. The van der Waals surface area contributed by atoms with Gasteiger partial charge in [-0.2, -0.15) is 26.3 Å². The number of piperazine rings is 1. The summed E-state index contributed by atoms with van der Waals surface area (Å²) in [6.07, 6.45) is -8.06. The lowest BCUT2D eigenvalue weighted by atomic mass is 10.1. The number of pyridine rings is 1. The summed E-state index contributed by atoms with van der Waals surface area (Å²) in [6.45, 7) is 8.76. The van der Waals surface area contributed by atoms with Gasteiger partial charge in [0.1, 0.15) is 11.9 Å². The molecule has 216 valence electrons. The van der Waals surface area contributed by atoms with E-state index < -0.39 is 24.3 Å². The highest BCUT2D eigenvalue weighted by atomic mass is 19.4. The van der Waals surface area contributed by atoms with Gasteiger partial charge in [-0.25, -0.2) is 19.4 Å². The smallest absolute Gasteiger partial charge is 0.475 e. The summed E-state index contributed by atoms with van der Waals surface area (Å²) in [5.74, 6) is -4.44. The molecule has 0 spiro atoms. The molecule has 2 aliphatic rings. The number of halogens is 6. The number of nitrogens with one attached hydrogen (secondary N) is 2. The molecular weight excluding hydrogens is 530 g/mol. The maximum absolute atomic E-state index is 11.8. The molecule has 1 saturated heterocycles. The van der Waals surface area contributed by atoms with Gasteiger partial charge in [0, 0.05) is 31.7 Å². The third-order valence-electron chi connectivity index (χ3n) is 5.30. The third kappa shape index (κ3) is 9.87. The quantitative estimate of drug-likeness (QED) is 0.397. The highest BCUT2D eigenvalue weighted by Gasteiger charge is 2.39. The van der Waals surface area contributed by atoms with Crippen molar-refractivity contribution in [2.75, 3.05) is 24.5 Å². The van der Waals surface area contributed by atoms with Crippen LogP contribution in [0.25, 0.3) is 0 Å². The molecule has 0 saturated carbocycles. The fraction of sp³-hybridized carbons (Fsp3) is 0.636. The van der Waals surface area contributed by atoms with Gasteiger partial charge in [-0.15, -0.1) is 0 Å². The number of aliphatic carboxylic acids is 2. The van der Waals surface area contributed by atoms with Crippen LogP contribution < -0.4 is 15.5 Å². The van der Waals surface area contributed by atoms with Crippen LogP contribution in [0.4, 0.5) is 37.0 Å². The predicted octanol–water partition coefficient (Wildman–Crippen LogP) is 3.66. The van der Waals surface area contributed by atoms with Crippen LogP contribution in [0.5, 0.6) is 0 Å². The minimum Gasteiger partial charge on any atom is -0.475 e. The number of rotatable bonds is 5. The molecule has 3 heterocycles. The summed E-state index contributed by atoms with van der Waals surface area (Å²) < 4.78 is 69.1. The summed E-state index contributed by atoms with van der Waals surface area (Å²) >= 11 is 0. The maximum Gasteiger partial charge on any atom is 0.490 e. The number of anilines is 1. The van der Waals surface area contributed by atoms with Crippen molar-refractivity contribution in [3.05, 3.63) is 23.4 Å². The van der Waals surface area contributed by atoms with Crippen LogP contribution in [0.1, 0.15) is 51.0 Å². The van der Waals surface area contributed by atoms with Gasteiger partial charge in [0.25, 0.3) is 0 Å². The number of hydrogen-bond donors (Lipinski definition) is 4. The predicted molar refractivity (Wildman–Crippen MR) is 122 cm³/mol. The molecule has 0 radical (unpaired) electrons. The molecule has 16 heteroatoms. The molecule has 0 aliphatic carbocycles. The highest BCUT2D eigenvalue weighted by Crippen LogP contribution is 2.35. The SMILES string of the molecule is CCCC(OC(=O)NCC)c1ccc2c(n1)N1[C@@H](CNC[C@H]1C)C2.O=C(O)C(F)(F)F.O=C(O)C(F)(F)F. The summed E-state index contributed by atoms with van der Waals surface area (Å²) in [6, 6.07) is 5.10. The molecule has 4 N–H and O–H groups in total. The number of aromatic nitrogens is 1. The van der Waals surface area contributed by atoms with E-state index in [4.69, 9.17) is 29.5 Å².